The molecule has 0 spiro atoms. The Kier molecular flexibility index (Phi) is 6.83. The minimum Gasteiger partial charge on any atom is -0.340 e. The van der Waals surface area contributed by atoms with Crippen LogP contribution in [0.5, 0.6) is 0 Å². The summed E-state index contributed by atoms with van der Waals surface area (Å²) in [5.41, 5.74) is 0.927. The molecule has 2 saturated heterocycles. The van der Waals surface area contributed by atoms with Crippen molar-refractivity contribution in [3.05, 3.63) is 33.8 Å². The molecule has 10 heteroatoms. The fourth-order valence-corrected chi connectivity index (χ4v) is 4.71. The van der Waals surface area contributed by atoms with Crippen molar-refractivity contribution in [2.75, 3.05) is 39.8 Å². The highest BCUT2D eigenvalue weighted by atomic mass is 35.5. The second kappa shape index (κ2) is 9.45. The molecule has 174 valence electrons. The maximum absolute atomic E-state index is 12.8. The number of hydrogen-bond donors (Lipinski definition) is 1. The third-order valence-electron chi connectivity index (χ3n) is 6.35. The number of urea groups is 1. The minimum atomic E-state index is -0.582. The first kappa shape index (κ1) is 23.1. The molecule has 0 aliphatic carbocycles. The summed E-state index contributed by atoms with van der Waals surface area (Å²) in [4.78, 5) is 38.1. The largest absolute Gasteiger partial charge is 0.340 e. The number of imide groups is 1. The number of hydrogen-bond acceptors (Lipinski definition) is 6. The van der Waals surface area contributed by atoms with E-state index in [-0.39, 0.29) is 5.91 Å². The number of guanidine groups is 1. The van der Waals surface area contributed by atoms with Crippen LogP contribution in [0, 0.1) is 5.92 Å². The molecule has 1 N–H and O–H groups in total. The van der Waals surface area contributed by atoms with Gasteiger partial charge in [0.1, 0.15) is 0 Å². The molecule has 32 heavy (non-hydrogen) atoms. The molecule has 3 aliphatic heterocycles. The third kappa shape index (κ3) is 4.67. The number of likely N-dealkylation sites (N-methyl/N-ethyl adjacent to an activating group) is 1. The van der Waals surface area contributed by atoms with Gasteiger partial charge in [-0.15, -0.1) is 0 Å². The number of nitrogens with zero attached hydrogens (tertiary/aromatic N) is 5. The lowest BCUT2D eigenvalue weighted by Gasteiger charge is -2.40. The highest BCUT2D eigenvalue weighted by Gasteiger charge is 2.49. The Morgan fingerprint density at radius 2 is 1.84 bits per heavy atom. The molecular formula is C22H30Cl2N6O2. The Bertz CT molecular complexity index is 916. The van der Waals surface area contributed by atoms with Gasteiger partial charge in [0.05, 0.1) is 10.0 Å². The molecule has 0 aromatic heterocycles. The van der Waals surface area contributed by atoms with Crippen LogP contribution >= 0.6 is 23.2 Å². The van der Waals surface area contributed by atoms with Crippen LogP contribution in [0.1, 0.15) is 25.8 Å². The second-order valence-electron chi connectivity index (χ2n) is 9.08. The number of halogens is 2. The predicted octanol–water partition coefficient (Wildman–Crippen LogP) is 2.71. The van der Waals surface area contributed by atoms with Crippen LogP contribution in [-0.4, -0.2) is 89.5 Å². The summed E-state index contributed by atoms with van der Waals surface area (Å²) in [5, 5.41) is 3.41. The van der Waals surface area contributed by atoms with Gasteiger partial charge in [-0.3, -0.25) is 15.0 Å². The Hall–Kier alpha value is -2.03. The maximum atomic E-state index is 12.8. The normalized spacial score (nSPS) is 24.2. The van der Waals surface area contributed by atoms with E-state index in [1.165, 1.54) is 11.3 Å². The second-order valence-corrected chi connectivity index (χ2v) is 9.89. The van der Waals surface area contributed by atoms with E-state index in [4.69, 9.17) is 28.2 Å². The van der Waals surface area contributed by atoms with E-state index in [0.717, 1.165) is 44.2 Å². The molecule has 0 radical (unpaired) electrons. The number of rotatable bonds is 5. The van der Waals surface area contributed by atoms with Gasteiger partial charge in [0, 0.05) is 39.8 Å². The fraction of sp³-hybridized carbons (Fsp3) is 0.591. The molecular weight excluding hydrogens is 451 g/mol. The van der Waals surface area contributed by atoms with Crippen molar-refractivity contribution in [2.45, 2.75) is 39.0 Å². The van der Waals surface area contributed by atoms with Crippen molar-refractivity contribution < 1.29 is 9.59 Å². The van der Waals surface area contributed by atoms with Gasteiger partial charge in [-0.1, -0.05) is 43.1 Å². The van der Waals surface area contributed by atoms with Gasteiger partial charge < -0.3 is 14.7 Å². The SMILES string of the molecule is CC(C)CCN1CCN(C2=NC3C(C(=O)NC(=O)N3C)N2Cc2ccc(Cl)c(Cl)c2)CC1. The van der Waals surface area contributed by atoms with E-state index >= 15 is 0 Å². The number of piperazine rings is 1. The molecule has 0 saturated carbocycles. The zero-order chi connectivity index (χ0) is 23.0. The summed E-state index contributed by atoms with van der Waals surface area (Å²) in [6.45, 7) is 9.58. The van der Waals surface area contributed by atoms with Crippen molar-refractivity contribution in [1.29, 1.82) is 0 Å². The molecule has 0 bridgehead atoms. The van der Waals surface area contributed by atoms with Gasteiger partial charge in [-0.2, -0.15) is 0 Å². The van der Waals surface area contributed by atoms with Gasteiger partial charge >= 0.3 is 6.03 Å². The molecule has 1 aromatic rings. The highest BCUT2D eigenvalue weighted by Crippen LogP contribution is 2.29. The van der Waals surface area contributed by atoms with E-state index in [9.17, 15) is 9.59 Å². The van der Waals surface area contributed by atoms with Crippen LogP contribution in [0.3, 0.4) is 0 Å². The van der Waals surface area contributed by atoms with E-state index in [1.807, 2.05) is 17.0 Å². The lowest BCUT2D eigenvalue weighted by Crippen LogP contribution is -2.64. The number of benzene rings is 1. The van der Waals surface area contributed by atoms with E-state index in [0.29, 0.717) is 22.5 Å². The van der Waals surface area contributed by atoms with E-state index in [2.05, 4.69) is 29.0 Å². The first-order chi connectivity index (χ1) is 15.2. The lowest BCUT2D eigenvalue weighted by atomic mass is 10.1. The molecule has 1 aromatic carbocycles. The average molecular weight is 481 g/mol. The number of amides is 3. The average Bonchev–Trinajstić information content (AvgIpc) is 3.13. The van der Waals surface area contributed by atoms with Crippen molar-refractivity contribution in [3.63, 3.8) is 0 Å². The van der Waals surface area contributed by atoms with Crippen LogP contribution in [0.4, 0.5) is 4.79 Å². The summed E-state index contributed by atoms with van der Waals surface area (Å²) >= 11 is 12.3. The third-order valence-corrected chi connectivity index (χ3v) is 7.09. The molecule has 8 nitrogen and oxygen atoms in total. The van der Waals surface area contributed by atoms with Crippen molar-refractivity contribution in [3.8, 4) is 0 Å². The van der Waals surface area contributed by atoms with Crippen molar-refractivity contribution >= 4 is 41.1 Å². The van der Waals surface area contributed by atoms with Gasteiger partial charge in [0.15, 0.2) is 18.2 Å². The van der Waals surface area contributed by atoms with Crippen LogP contribution in [0.15, 0.2) is 23.2 Å². The fourth-order valence-electron chi connectivity index (χ4n) is 4.39. The molecule has 2 atom stereocenters. The zero-order valence-electron chi connectivity index (χ0n) is 18.7. The summed E-state index contributed by atoms with van der Waals surface area (Å²) in [6, 6.07) is 4.47. The standard InChI is InChI=1S/C22H30Cl2N6O2/c1-14(2)6-7-28-8-10-29(11-9-28)21-25-19-18(20(31)26-22(32)27(19)3)30(21)13-15-4-5-16(23)17(24)12-15/h4-5,12,14,18-19H,6-11,13H2,1-3H3,(H,26,31,32). The van der Waals surface area contributed by atoms with Gasteiger partial charge in [-0.25, -0.2) is 9.79 Å². The van der Waals surface area contributed by atoms with Crippen LogP contribution in [0.25, 0.3) is 0 Å². The van der Waals surface area contributed by atoms with E-state index < -0.39 is 18.2 Å². The zero-order valence-corrected chi connectivity index (χ0v) is 20.2. The van der Waals surface area contributed by atoms with Crippen LogP contribution < -0.4 is 5.32 Å². The minimum absolute atomic E-state index is 0.326. The first-order valence-electron chi connectivity index (χ1n) is 11.1. The van der Waals surface area contributed by atoms with Gasteiger partial charge in [0.25, 0.3) is 5.91 Å². The van der Waals surface area contributed by atoms with Crippen molar-refractivity contribution in [2.24, 2.45) is 10.9 Å². The molecule has 3 amide bonds. The number of carbonyl (C=O) groups excluding carboxylic acids is 2. The molecule has 4 rings (SSSR count). The van der Waals surface area contributed by atoms with Gasteiger partial charge in [0.2, 0.25) is 0 Å². The number of fused-ring (bicyclic) bond motifs is 1. The summed E-state index contributed by atoms with van der Waals surface area (Å²) in [7, 11) is 1.67. The molecule has 3 aliphatic rings. The predicted molar refractivity (Wildman–Crippen MR) is 126 cm³/mol. The highest BCUT2D eigenvalue weighted by molar-refractivity contribution is 6.42. The number of aliphatic imine (C=N–C) groups is 1. The Balaban J connectivity index is 1.56. The number of nitrogens with one attached hydrogen (secondary N) is 1. The topological polar surface area (TPSA) is 71.5 Å². The molecule has 2 unspecified atom stereocenters. The molecule has 3 heterocycles. The first-order valence-corrected chi connectivity index (χ1v) is 11.8. The number of carbonyl (C=O) groups is 2. The van der Waals surface area contributed by atoms with Crippen LogP contribution in [0.2, 0.25) is 10.0 Å². The van der Waals surface area contributed by atoms with Gasteiger partial charge in [-0.05, 0) is 36.6 Å². The Labute approximate surface area is 199 Å². The van der Waals surface area contributed by atoms with Crippen LogP contribution in [-0.2, 0) is 11.3 Å². The van der Waals surface area contributed by atoms with Crippen molar-refractivity contribution in [1.82, 2.24) is 24.9 Å². The molecule has 2 fully saturated rings. The summed E-state index contributed by atoms with van der Waals surface area (Å²) in [5.74, 6) is 1.11. The quantitative estimate of drug-likeness (QED) is 0.701. The smallest absolute Gasteiger partial charge is 0.325 e. The van der Waals surface area contributed by atoms with E-state index in [1.54, 1.807) is 13.1 Å². The maximum Gasteiger partial charge on any atom is 0.325 e. The lowest BCUT2D eigenvalue weighted by molar-refractivity contribution is -0.127. The Morgan fingerprint density at radius 1 is 1.12 bits per heavy atom. The Morgan fingerprint density at radius 3 is 2.50 bits per heavy atom. The monoisotopic (exact) mass is 480 g/mol. The summed E-state index contributed by atoms with van der Waals surface area (Å²) in [6.07, 6.45) is 0.634. The summed E-state index contributed by atoms with van der Waals surface area (Å²) < 4.78 is 0.